The van der Waals surface area contributed by atoms with Crippen LogP contribution in [0, 0.1) is 0 Å². The third kappa shape index (κ3) is 2.04. The molecule has 15 heavy (non-hydrogen) atoms. The fraction of sp³-hybridized carbons (Fsp3) is 0.111. The van der Waals surface area contributed by atoms with Gasteiger partial charge in [-0.1, -0.05) is 27.5 Å². The standard InChI is InChI=1S/C9H7BrClN3S/c1-14-8(12-13-9(14)15)6-4-5(11)2-3-7(6)10/h2-4H,1H3,(H,13,15). The first kappa shape index (κ1) is 11.0. The van der Waals surface area contributed by atoms with E-state index in [1.807, 2.05) is 25.2 Å². The third-order valence-electron chi connectivity index (χ3n) is 2.02. The summed E-state index contributed by atoms with van der Waals surface area (Å²) in [5, 5.41) is 9.14. The van der Waals surface area contributed by atoms with Crippen LogP contribution in [0.1, 0.15) is 0 Å². The summed E-state index contributed by atoms with van der Waals surface area (Å²) in [7, 11) is 1.85. The monoisotopic (exact) mass is 303 g/mol. The molecule has 0 spiro atoms. The Bertz CT molecular complexity index is 512. The zero-order valence-corrected chi connectivity index (χ0v) is 11.0. The zero-order chi connectivity index (χ0) is 11.0. The fourth-order valence-corrected chi connectivity index (χ4v) is 1.96. The van der Waals surface area contributed by atoms with E-state index in [0.29, 0.717) is 10.2 Å². The van der Waals surface area contributed by atoms with Crippen LogP contribution >= 0.6 is 40.2 Å². The molecular weight excluding hydrogens is 298 g/mol. The summed E-state index contributed by atoms with van der Waals surface area (Å²) in [6.45, 7) is 0. The predicted molar refractivity (Wildman–Crippen MR) is 66.4 cm³/mol. The SMILES string of the molecule is Cn1c(S)nnc1-c1cc(Cl)ccc1Br. The summed E-state index contributed by atoms with van der Waals surface area (Å²) >= 11 is 13.5. The minimum absolute atomic E-state index is 0.567. The molecule has 1 aromatic carbocycles. The van der Waals surface area contributed by atoms with Crippen LogP contribution in [0.5, 0.6) is 0 Å². The van der Waals surface area contributed by atoms with Gasteiger partial charge in [0, 0.05) is 22.1 Å². The Labute approximate surface area is 106 Å². The molecule has 0 atom stereocenters. The molecule has 3 nitrogen and oxygen atoms in total. The van der Waals surface area contributed by atoms with E-state index in [4.69, 9.17) is 11.6 Å². The zero-order valence-electron chi connectivity index (χ0n) is 7.78. The van der Waals surface area contributed by atoms with Gasteiger partial charge in [-0.3, -0.25) is 0 Å². The Kier molecular flexibility index (Phi) is 3.04. The van der Waals surface area contributed by atoms with Gasteiger partial charge in [0.1, 0.15) is 0 Å². The maximum atomic E-state index is 5.93. The van der Waals surface area contributed by atoms with E-state index in [0.717, 1.165) is 15.9 Å². The lowest BCUT2D eigenvalue weighted by atomic mass is 10.2. The lowest BCUT2D eigenvalue weighted by molar-refractivity contribution is 0.798. The van der Waals surface area contributed by atoms with E-state index in [-0.39, 0.29) is 0 Å². The number of rotatable bonds is 1. The van der Waals surface area contributed by atoms with Crippen molar-refractivity contribution in [3.63, 3.8) is 0 Å². The Morgan fingerprint density at radius 3 is 2.73 bits per heavy atom. The molecule has 0 bridgehead atoms. The lowest BCUT2D eigenvalue weighted by Crippen LogP contribution is -1.93. The smallest absolute Gasteiger partial charge is 0.188 e. The highest BCUT2D eigenvalue weighted by atomic mass is 79.9. The molecule has 0 unspecified atom stereocenters. The summed E-state index contributed by atoms with van der Waals surface area (Å²) in [4.78, 5) is 0. The molecule has 2 rings (SSSR count). The van der Waals surface area contributed by atoms with Crippen LogP contribution < -0.4 is 0 Å². The minimum atomic E-state index is 0.567. The van der Waals surface area contributed by atoms with Gasteiger partial charge in [-0.2, -0.15) is 0 Å². The van der Waals surface area contributed by atoms with Gasteiger partial charge in [-0.05, 0) is 18.2 Å². The van der Waals surface area contributed by atoms with E-state index >= 15 is 0 Å². The average Bonchev–Trinajstić information content (AvgIpc) is 2.52. The third-order valence-corrected chi connectivity index (χ3v) is 3.34. The molecule has 0 fully saturated rings. The molecule has 0 saturated heterocycles. The second-order valence-electron chi connectivity index (χ2n) is 3.01. The van der Waals surface area contributed by atoms with Gasteiger partial charge in [0.05, 0.1) is 0 Å². The van der Waals surface area contributed by atoms with Crippen LogP contribution in [0.15, 0.2) is 27.8 Å². The molecule has 0 aliphatic heterocycles. The van der Waals surface area contributed by atoms with Crippen molar-refractivity contribution in [2.45, 2.75) is 5.16 Å². The highest BCUT2D eigenvalue weighted by Gasteiger charge is 2.11. The van der Waals surface area contributed by atoms with E-state index in [9.17, 15) is 0 Å². The number of nitrogens with zero attached hydrogens (tertiary/aromatic N) is 3. The van der Waals surface area contributed by atoms with Crippen molar-refractivity contribution in [3.8, 4) is 11.4 Å². The van der Waals surface area contributed by atoms with Crippen LogP contribution in [-0.2, 0) is 7.05 Å². The van der Waals surface area contributed by atoms with E-state index in [2.05, 4.69) is 38.8 Å². The lowest BCUT2D eigenvalue weighted by Gasteiger charge is -2.04. The number of hydrogen-bond acceptors (Lipinski definition) is 3. The van der Waals surface area contributed by atoms with Crippen molar-refractivity contribution in [2.75, 3.05) is 0 Å². The van der Waals surface area contributed by atoms with Crippen molar-refractivity contribution in [1.82, 2.24) is 14.8 Å². The fourth-order valence-electron chi connectivity index (χ4n) is 1.22. The quantitative estimate of drug-likeness (QED) is 0.820. The summed E-state index contributed by atoms with van der Waals surface area (Å²) in [5.41, 5.74) is 0.901. The van der Waals surface area contributed by atoms with Crippen LogP contribution in [0.2, 0.25) is 5.02 Å². The van der Waals surface area contributed by atoms with Gasteiger partial charge in [0.15, 0.2) is 11.0 Å². The molecule has 6 heteroatoms. The van der Waals surface area contributed by atoms with Gasteiger partial charge in [-0.25, -0.2) is 0 Å². The predicted octanol–water partition coefficient (Wildman–Crippen LogP) is 3.19. The molecule has 0 saturated carbocycles. The first-order chi connectivity index (χ1) is 7.09. The Morgan fingerprint density at radius 1 is 1.40 bits per heavy atom. The molecular formula is C9H7BrClN3S. The van der Waals surface area contributed by atoms with Gasteiger partial charge in [0.2, 0.25) is 0 Å². The number of aromatic nitrogens is 3. The van der Waals surface area contributed by atoms with Crippen molar-refractivity contribution in [3.05, 3.63) is 27.7 Å². The molecule has 0 aliphatic rings. The van der Waals surface area contributed by atoms with Gasteiger partial charge in [-0.15, -0.1) is 22.8 Å². The van der Waals surface area contributed by atoms with E-state index in [1.54, 1.807) is 4.57 Å². The molecule has 0 amide bonds. The Morgan fingerprint density at radius 2 is 2.13 bits per heavy atom. The van der Waals surface area contributed by atoms with Gasteiger partial charge < -0.3 is 4.57 Å². The summed E-state index contributed by atoms with van der Waals surface area (Å²) in [6, 6.07) is 5.53. The number of hydrogen-bond donors (Lipinski definition) is 1. The maximum Gasteiger partial charge on any atom is 0.188 e. The second kappa shape index (κ2) is 4.15. The number of halogens is 2. The maximum absolute atomic E-state index is 5.93. The normalized spacial score (nSPS) is 10.7. The summed E-state index contributed by atoms with van der Waals surface area (Å²) in [5.74, 6) is 0.731. The Balaban J connectivity index is 2.63. The van der Waals surface area contributed by atoms with Crippen molar-refractivity contribution >= 4 is 40.2 Å². The van der Waals surface area contributed by atoms with E-state index < -0.39 is 0 Å². The van der Waals surface area contributed by atoms with Crippen molar-refractivity contribution in [2.24, 2.45) is 7.05 Å². The molecule has 1 aromatic heterocycles. The van der Waals surface area contributed by atoms with Gasteiger partial charge in [0.25, 0.3) is 0 Å². The molecule has 0 radical (unpaired) electrons. The molecule has 2 aromatic rings. The molecule has 1 heterocycles. The molecule has 78 valence electrons. The first-order valence-corrected chi connectivity index (χ1v) is 5.75. The number of benzene rings is 1. The number of thiol groups is 1. The first-order valence-electron chi connectivity index (χ1n) is 4.13. The highest BCUT2D eigenvalue weighted by Crippen LogP contribution is 2.29. The molecule has 0 aliphatic carbocycles. The van der Waals surface area contributed by atoms with E-state index in [1.165, 1.54) is 0 Å². The van der Waals surface area contributed by atoms with Crippen molar-refractivity contribution in [1.29, 1.82) is 0 Å². The minimum Gasteiger partial charge on any atom is -0.305 e. The van der Waals surface area contributed by atoms with Crippen LogP contribution in [0.4, 0.5) is 0 Å². The Hall–Kier alpha value is -0.520. The van der Waals surface area contributed by atoms with Crippen LogP contribution in [-0.4, -0.2) is 14.8 Å². The van der Waals surface area contributed by atoms with Crippen LogP contribution in [0.25, 0.3) is 11.4 Å². The van der Waals surface area contributed by atoms with Gasteiger partial charge >= 0.3 is 0 Å². The van der Waals surface area contributed by atoms with Crippen LogP contribution in [0.3, 0.4) is 0 Å². The largest absolute Gasteiger partial charge is 0.305 e. The van der Waals surface area contributed by atoms with Crippen molar-refractivity contribution < 1.29 is 0 Å². The summed E-state index contributed by atoms with van der Waals surface area (Å²) < 4.78 is 2.72. The highest BCUT2D eigenvalue weighted by molar-refractivity contribution is 9.10. The average molecular weight is 305 g/mol. The topological polar surface area (TPSA) is 30.7 Å². The summed E-state index contributed by atoms with van der Waals surface area (Å²) in [6.07, 6.45) is 0. The second-order valence-corrected chi connectivity index (χ2v) is 4.70. The molecule has 0 N–H and O–H groups in total.